The Balaban J connectivity index is 2.09. The summed E-state index contributed by atoms with van der Waals surface area (Å²) in [6.45, 7) is 1.85. The maximum Gasteiger partial charge on any atom is 0.331 e. The van der Waals surface area contributed by atoms with Crippen LogP contribution in [0.1, 0.15) is 17.2 Å². The van der Waals surface area contributed by atoms with Gasteiger partial charge in [0.1, 0.15) is 0 Å². The van der Waals surface area contributed by atoms with Crippen LogP contribution in [0.15, 0.2) is 36.7 Å². The molecule has 0 aliphatic heterocycles. The molecule has 3 N–H and O–H groups in total. The van der Waals surface area contributed by atoms with Gasteiger partial charge in [-0.05, 0) is 18.6 Å². The van der Waals surface area contributed by atoms with Gasteiger partial charge < -0.3 is 15.7 Å². The molecule has 1 aromatic carbocycles. The van der Waals surface area contributed by atoms with Gasteiger partial charge in [0, 0.05) is 24.5 Å². The van der Waals surface area contributed by atoms with Crippen LogP contribution in [0.5, 0.6) is 0 Å². The number of aryl methyl sites for hydroxylation is 2. The van der Waals surface area contributed by atoms with Gasteiger partial charge in [-0.3, -0.25) is 4.68 Å². The number of anilines is 1. The van der Waals surface area contributed by atoms with Crippen LogP contribution >= 0.6 is 0 Å². The van der Waals surface area contributed by atoms with E-state index in [1.54, 1.807) is 25.4 Å². The number of benzene rings is 1. The lowest BCUT2D eigenvalue weighted by Crippen LogP contribution is -2.36. The minimum Gasteiger partial charge on any atom is -0.479 e. The molecule has 1 aromatic heterocycles. The van der Waals surface area contributed by atoms with Crippen LogP contribution in [0, 0.1) is 6.92 Å². The monoisotopic (exact) mass is 288 g/mol. The molecular formula is C14H16N4O3. The number of rotatable bonds is 4. The second-order valence-corrected chi connectivity index (χ2v) is 4.63. The summed E-state index contributed by atoms with van der Waals surface area (Å²) in [7, 11) is 1.68. The Hall–Kier alpha value is -2.83. The van der Waals surface area contributed by atoms with Gasteiger partial charge >= 0.3 is 12.0 Å². The molecular weight excluding hydrogens is 272 g/mol. The number of urea groups is 1. The summed E-state index contributed by atoms with van der Waals surface area (Å²) in [4.78, 5) is 23.2. The van der Waals surface area contributed by atoms with Crippen molar-refractivity contribution >= 4 is 17.7 Å². The molecule has 0 aliphatic rings. The number of aromatic nitrogens is 2. The molecule has 1 heterocycles. The summed E-state index contributed by atoms with van der Waals surface area (Å²) in [6.07, 6.45) is 2.96. The van der Waals surface area contributed by atoms with E-state index in [1.807, 2.05) is 19.1 Å². The third kappa shape index (κ3) is 3.59. The summed E-state index contributed by atoms with van der Waals surface area (Å²) >= 11 is 0. The average molecular weight is 288 g/mol. The second-order valence-electron chi connectivity index (χ2n) is 4.63. The van der Waals surface area contributed by atoms with Crippen LogP contribution in [0.25, 0.3) is 0 Å². The first-order chi connectivity index (χ1) is 9.97. The maximum atomic E-state index is 11.9. The molecule has 0 saturated heterocycles. The van der Waals surface area contributed by atoms with Crippen molar-refractivity contribution in [3.05, 3.63) is 47.8 Å². The number of hydrogen-bond acceptors (Lipinski definition) is 3. The number of carbonyl (C=O) groups is 2. The molecule has 0 radical (unpaired) electrons. The van der Waals surface area contributed by atoms with E-state index >= 15 is 0 Å². The molecule has 2 rings (SSSR count). The molecule has 7 heteroatoms. The predicted octanol–water partition coefficient (Wildman–Crippen LogP) is 1.68. The van der Waals surface area contributed by atoms with Crippen molar-refractivity contribution in [2.45, 2.75) is 13.0 Å². The molecule has 110 valence electrons. The van der Waals surface area contributed by atoms with Crippen molar-refractivity contribution in [2.75, 3.05) is 5.32 Å². The Morgan fingerprint density at radius 2 is 2.05 bits per heavy atom. The molecule has 0 fully saturated rings. The number of amides is 2. The molecule has 0 spiro atoms. The zero-order chi connectivity index (χ0) is 15.4. The predicted molar refractivity (Wildman–Crippen MR) is 76.9 cm³/mol. The lowest BCUT2D eigenvalue weighted by atomic mass is 10.1. The highest BCUT2D eigenvalue weighted by Crippen LogP contribution is 2.15. The largest absolute Gasteiger partial charge is 0.479 e. The smallest absolute Gasteiger partial charge is 0.331 e. The average Bonchev–Trinajstić information content (AvgIpc) is 2.85. The van der Waals surface area contributed by atoms with Crippen molar-refractivity contribution in [3.8, 4) is 0 Å². The third-order valence-electron chi connectivity index (χ3n) is 2.97. The fourth-order valence-corrected chi connectivity index (χ4v) is 1.88. The van der Waals surface area contributed by atoms with Gasteiger partial charge in [-0.2, -0.15) is 5.10 Å². The highest BCUT2D eigenvalue weighted by atomic mass is 16.4. The maximum absolute atomic E-state index is 11.9. The fourth-order valence-electron chi connectivity index (χ4n) is 1.88. The first kappa shape index (κ1) is 14.6. The zero-order valence-corrected chi connectivity index (χ0v) is 11.7. The van der Waals surface area contributed by atoms with E-state index in [2.05, 4.69) is 15.7 Å². The SMILES string of the molecule is Cc1ccccc1NC(=O)NC(C(=O)O)c1cnn(C)c1. The van der Waals surface area contributed by atoms with Gasteiger partial charge in [0.2, 0.25) is 0 Å². The Morgan fingerprint density at radius 1 is 1.33 bits per heavy atom. The van der Waals surface area contributed by atoms with E-state index < -0.39 is 18.0 Å². The number of aliphatic carboxylic acids is 1. The van der Waals surface area contributed by atoms with Crippen LogP contribution in [-0.2, 0) is 11.8 Å². The molecule has 0 aliphatic carbocycles. The summed E-state index contributed by atoms with van der Waals surface area (Å²) in [5.74, 6) is -1.15. The molecule has 0 saturated carbocycles. The van der Waals surface area contributed by atoms with Crippen LogP contribution in [0.2, 0.25) is 0 Å². The van der Waals surface area contributed by atoms with E-state index in [9.17, 15) is 14.7 Å². The lowest BCUT2D eigenvalue weighted by molar-refractivity contribution is -0.139. The minimum atomic E-state index is -1.15. The van der Waals surface area contributed by atoms with Crippen molar-refractivity contribution in [2.24, 2.45) is 7.05 Å². The van der Waals surface area contributed by atoms with E-state index in [-0.39, 0.29) is 0 Å². The van der Waals surface area contributed by atoms with Crippen molar-refractivity contribution in [1.82, 2.24) is 15.1 Å². The first-order valence-electron chi connectivity index (χ1n) is 6.32. The summed E-state index contributed by atoms with van der Waals surface area (Å²) in [5, 5.41) is 18.2. The van der Waals surface area contributed by atoms with E-state index in [1.165, 1.54) is 10.9 Å². The first-order valence-corrected chi connectivity index (χ1v) is 6.32. The normalized spacial score (nSPS) is 11.7. The Labute approximate surface area is 121 Å². The molecule has 1 unspecified atom stereocenters. The van der Waals surface area contributed by atoms with E-state index in [0.29, 0.717) is 11.3 Å². The number of nitrogens with one attached hydrogen (secondary N) is 2. The highest BCUT2D eigenvalue weighted by Gasteiger charge is 2.23. The Morgan fingerprint density at radius 3 is 2.62 bits per heavy atom. The van der Waals surface area contributed by atoms with E-state index in [0.717, 1.165) is 5.56 Å². The van der Waals surface area contributed by atoms with Gasteiger partial charge in [-0.1, -0.05) is 18.2 Å². The topological polar surface area (TPSA) is 96.2 Å². The number of carboxylic acids is 1. The Kier molecular flexibility index (Phi) is 4.22. The van der Waals surface area contributed by atoms with Gasteiger partial charge in [-0.15, -0.1) is 0 Å². The molecule has 2 aromatic rings. The number of nitrogens with zero attached hydrogens (tertiary/aromatic N) is 2. The van der Waals surface area contributed by atoms with Gasteiger partial charge in [0.05, 0.1) is 6.20 Å². The second kappa shape index (κ2) is 6.08. The van der Waals surface area contributed by atoms with Gasteiger partial charge in [0.25, 0.3) is 0 Å². The third-order valence-corrected chi connectivity index (χ3v) is 2.97. The highest BCUT2D eigenvalue weighted by molar-refractivity contribution is 5.93. The number of carboxylic acid groups (broad SMARTS) is 1. The van der Waals surface area contributed by atoms with Crippen molar-refractivity contribution < 1.29 is 14.7 Å². The summed E-state index contributed by atoms with van der Waals surface area (Å²) in [5.41, 5.74) is 1.93. The zero-order valence-electron chi connectivity index (χ0n) is 11.7. The number of carbonyl (C=O) groups excluding carboxylic acids is 1. The molecule has 2 amide bonds. The van der Waals surface area contributed by atoms with Crippen LogP contribution < -0.4 is 10.6 Å². The van der Waals surface area contributed by atoms with Gasteiger partial charge in [-0.25, -0.2) is 9.59 Å². The molecule has 7 nitrogen and oxygen atoms in total. The lowest BCUT2D eigenvalue weighted by Gasteiger charge is -2.14. The molecule has 1 atom stereocenters. The molecule has 21 heavy (non-hydrogen) atoms. The quantitative estimate of drug-likeness (QED) is 0.797. The Bertz CT molecular complexity index is 666. The van der Waals surface area contributed by atoms with Crippen LogP contribution in [-0.4, -0.2) is 26.9 Å². The summed E-state index contributed by atoms with van der Waals surface area (Å²) < 4.78 is 1.48. The molecule has 0 bridgehead atoms. The van der Waals surface area contributed by atoms with Crippen molar-refractivity contribution in [1.29, 1.82) is 0 Å². The minimum absolute atomic E-state index is 0.407. The van der Waals surface area contributed by atoms with Crippen LogP contribution in [0.4, 0.5) is 10.5 Å². The number of para-hydroxylation sites is 1. The van der Waals surface area contributed by atoms with Gasteiger partial charge in [0.15, 0.2) is 6.04 Å². The fraction of sp³-hybridized carbons (Fsp3) is 0.214. The van der Waals surface area contributed by atoms with E-state index in [4.69, 9.17) is 0 Å². The number of hydrogen-bond donors (Lipinski definition) is 3. The van der Waals surface area contributed by atoms with Crippen molar-refractivity contribution in [3.63, 3.8) is 0 Å². The summed E-state index contributed by atoms with van der Waals surface area (Å²) in [6, 6.07) is 5.51. The standard InChI is InChI=1S/C14H16N4O3/c1-9-5-3-4-6-11(9)16-14(21)17-12(13(19)20)10-7-15-18(2)8-10/h3-8,12H,1-2H3,(H,19,20)(H2,16,17,21). The van der Waals surface area contributed by atoms with Crippen LogP contribution in [0.3, 0.4) is 0 Å².